The van der Waals surface area contributed by atoms with Crippen molar-refractivity contribution in [2.45, 2.75) is 56.7 Å². The molecule has 4 heterocycles. The number of nitrogens with two attached hydrogens (primary N) is 1. The van der Waals surface area contributed by atoms with E-state index in [2.05, 4.69) is 21.0 Å². The minimum atomic E-state index is -0.0178. The third-order valence-corrected chi connectivity index (χ3v) is 7.61. The number of carbonyl (C=O) groups is 1. The maximum atomic E-state index is 12.7. The van der Waals surface area contributed by atoms with Gasteiger partial charge in [-0.3, -0.25) is 4.68 Å². The molecule has 1 aromatic carbocycles. The number of pyridine rings is 1. The second-order valence-corrected chi connectivity index (χ2v) is 9.80. The van der Waals surface area contributed by atoms with E-state index in [4.69, 9.17) is 15.6 Å². The Labute approximate surface area is 199 Å². The predicted octanol–water partition coefficient (Wildman–Crippen LogP) is 3.72. The summed E-state index contributed by atoms with van der Waals surface area (Å²) in [7, 11) is 0. The third kappa shape index (κ3) is 3.77. The van der Waals surface area contributed by atoms with Gasteiger partial charge in [-0.2, -0.15) is 5.10 Å². The summed E-state index contributed by atoms with van der Waals surface area (Å²) in [6.45, 7) is 2.84. The Bertz CT molecular complexity index is 1210. The standard InChI is InChI=1S/C26H30N6O2/c27-24-22(34-16-18-5-2-1-3-6-18)13-19(15-28-24)21-14-23-26(10-12-32(23)30-21)9-11-31(17-26)25(33)29-20-7-4-8-20/h1-3,5-6,13-15,20H,4,7-12,16-17H2,(H2,27,28)(H,29,33). The van der Waals surface area contributed by atoms with Crippen LogP contribution in [0.1, 0.15) is 43.4 Å². The Balaban J connectivity index is 1.19. The number of urea groups is 1. The number of anilines is 1. The molecule has 0 bridgehead atoms. The van der Waals surface area contributed by atoms with Crippen molar-refractivity contribution >= 4 is 11.8 Å². The number of aryl methyl sites for hydroxylation is 1. The third-order valence-electron chi connectivity index (χ3n) is 7.61. The number of aromatic nitrogens is 3. The van der Waals surface area contributed by atoms with Gasteiger partial charge in [0.05, 0.1) is 5.69 Å². The highest BCUT2D eigenvalue weighted by Crippen LogP contribution is 2.44. The van der Waals surface area contributed by atoms with Gasteiger partial charge >= 0.3 is 6.03 Å². The van der Waals surface area contributed by atoms with E-state index in [-0.39, 0.29) is 11.4 Å². The first-order chi connectivity index (χ1) is 16.6. The van der Waals surface area contributed by atoms with Crippen LogP contribution in [0.5, 0.6) is 5.75 Å². The van der Waals surface area contributed by atoms with Crippen LogP contribution in [0.2, 0.25) is 0 Å². The lowest BCUT2D eigenvalue weighted by Crippen LogP contribution is -2.47. The van der Waals surface area contributed by atoms with E-state index in [0.29, 0.717) is 24.2 Å². The van der Waals surface area contributed by atoms with Crippen molar-refractivity contribution in [2.75, 3.05) is 18.8 Å². The average Bonchev–Trinajstić information content (AvgIpc) is 3.53. The molecule has 2 fully saturated rings. The smallest absolute Gasteiger partial charge is 0.317 e. The van der Waals surface area contributed by atoms with Crippen molar-refractivity contribution in [2.24, 2.45) is 0 Å². The SMILES string of the molecule is Nc1ncc(-c2cc3n(n2)CCC32CCN(C(=O)NC3CCC3)C2)cc1OCc1ccccc1. The van der Waals surface area contributed by atoms with Crippen molar-refractivity contribution < 1.29 is 9.53 Å². The summed E-state index contributed by atoms with van der Waals surface area (Å²) in [4.78, 5) is 19.1. The molecule has 176 valence electrons. The van der Waals surface area contributed by atoms with E-state index in [0.717, 1.165) is 62.1 Å². The Morgan fingerprint density at radius 3 is 2.79 bits per heavy atom. The van der Waals surface area contributed by atoms with Crippen LogP contribution in [0.15, 0.2) is 48.7 Å². The number of amides is 2. The van der Waals surface area contributed by atoms with E-state index < -0.39 is 0 Å². The van der Waals surface area contributed by atoms with E-state index >= 15 is 0 Å². The molecule has 1 aliphatic carbocycles. The fourth-order valence-corrected chi connectivity index (χ4v) is 5.33. The van der Waals surface area contributed by atoms with Crippen molar-refractivity contribution in [1.82, 2.24) is 25.0 Å². The Morgan fingerprint density at radius 1 is 1.18 bits per heavy atom. The average molecular weight is 459 g/mol. The number of nitrogens with zero attached hydrogens (tertiary/aromatic N) is 4. The van der Waals surface area contributed by atoms with Crippen LogP contribution in [0, 0.1) is 0 Å². The molecule has 6 rings (SSSR count). The fraction of sp³-hybridized carbons (Fsp3) is 0.423. The molecule has 1 spiro atoms. The zero-order valence-corrected chi connectivity index (χ0v) is 19.2. The van der Waals surface area contributed by atoms with Gasteiger partial charge in [-0.1, -0.05) is 30.3 Å². The number of nitrogen functional groups attached to an aromatic ring is 1. The summed E-state index contributed by atoms with van der Waals surface area (Å²) >= 11 is 0. The molecule has 8 nitrogen and oxygen atoms in total. The maximum absolute atomic E-state index is 12.7. The maximum Gasteiger partial charge on any atom is 0.317 e. The van der Waals surface area contributed by atoms with Crippen LogP contribution in [0.3, 0.4) is 0 Å². The van der Waals surface area contributed by atoms with E-state index in [1.807, 2.05) is 41.3 Å². The number of likely N-dealkylation sites (tertiary alicyclic amines) is 1. The number of hydrogen-bond donors (Lipinski definition) is 2. The topological polar surface area (TPSA) is 98.3 Å². The van der Waals surface area contributed by atoms with Crippen LogP contribution in [0.4, 0.5) is 10.6 Å². The van der Waals surface area contributed by atoms with Gasteiger partial charge in [0.25, 0.3) is 0 Å². The molecule has 3 N–H and O–H groups in total. The molecule has 0 radical (unpaired) electrons. The monoisotopic (exact) mass is 458 g/mol. The first kappa shape index (κ1) is 21.0. The van der Waals surface area contributed by atoms with Crippen LogP contribution >= 0.6 is 0 Å². The van der Waals surface area contributed by atoms with Gasteiger partial charge in [0, 0.05) is 48.5 Å². The minimum Gasteiger partial charge on any atom is -0.485 e. The van der Waals surface area contributed by atoms with Gasteiger partial charge < -0.3 is 20.7 Å². The zero-order valence-electron chi connectivity index (χ0n) is 19.2. The van der Waals surface area contributed by atoms with Gasteiger partial charge in [0.15, 0.2) is 11.6 Å². The molecule has 2 aromatic heterocycles. The number of carbonyl (C=O) groups excluding carboxylic acids is 1. The van der Waals surface area contributed by atoms with Crippen LogP contribution < -0.4 is 15.8 Å². The zero-order chi connectivity index (χ0) is 23.1. The molecule has 3 aromatic rings. The van der Waals surface area contributed by atoms with Gasteiger partial charge in [0.1, 0.15) is 6.61 Å². The molecule has 1 saturated carbocycles. The van der Waals surface area contributed by atoms with Gasteiger partial charge in [-0.05, 0) is 49.8 Å². The van der Waals surface area contributed by atoms with Crippen molar-refractivity contribution in [3.8, 4) is 17.0 Å². The molecule has 1 atom stereocenters. The summed E-state index contributed by atoms with van der Waals surface area (Å²) in [5.74, 6) is 0.927. The van der Waals surface area contributed by atoms with E-state index in [1.54, 1.807) is 6.20 Å². The van der Waals surface area contributed by atoms with Crippen LogP contribution in [-0.4, -0.2) is 44.8 Å². The number of benzene rings is 1. The second-order valence-electron chi connectivity index (χ2n) is 9.80. The Hall–Kier alpha value is -3.55. The lowest BCUT2D eigenvalue weighted by molar-refractivity contribution is 0.193. The Kier molecular flexibility index (Phi) is 5.16. The molecular formula is C26H30N6O2. The van der Waals surface area contributed by atoms with Crippen LogP contribution in [0.25, 0.3) is 11.3 Å². The van der Waals surface area contributed by atoms with Crippen LogP contribution in [-0.2, 0) is 18.6 Å². The van der Waals surface area contributed by atoms with Crippen molar-refractivity contribution in [3.63, 3.8) is 0 Å². The normalized spacial score (nSPS) is 21.5. The number of hydrogen-bond acceptors (Lipinski definition) is 5. The van der Waals surface area contributed by atoms with Crippen molar-refractivity contribution in [3.05, 3.63) is 59.9 Å². The molecule has 3 aliphatic rings. The van der Waals surface area contributed by atoms with E-state index in [1.165, 1.54) is 12.1 Å². The molecule has 2 aliphatic heterocycles. The quantitative estimate of drug-likeness (QED) is 0.607. The molecule has 2 amide bonds. The summed E-state index contributed by atoms with van der Waals surface area (Å²) in [6, 6.07) is 14.5. The molecule has 8 heteroatoms. The lowest BCUT2D eigenvalue weighted by atomic mass is 9.82. The highest BCUT2D eigenvalue weighted by Gasteiger charge is 2.47. The highest BCUT2D eigenvalue weighted by molar-refractivity contribution is 5.75. The number of nitrogens with one attached hydrogen (secondary N) is 1. The summed E-state index contributed by atoms with van der Waals surface area (Å²) < 4.78 is 8.07. The van der Waals surface area contributed by atoms with Gasteiger partial charge in [0.2, 0.25) is 0 Å². The summed E-state index contributed by atoms with van der Waals surface area (Å²) in [5.41, 5.74) is 10.1. The number of fused-ring (bicyclic) bond motifs is 2. The minimum absolute atomic E-state index is 0.0178. The van der Waals surface area contributed by atoms with E-state index in [9.17, 15) is 4.79 Å². The second kappa shape index (κ2) is 8.34. The summed E-state index contributed by atoms with van der Waals surface area (Å²) in [5, 5.41) is 8.06. The van der Waals surface area contributed by atoms with Gasteiger partial charge in [-0.25, -0.2) is 9.78 Å². The van der Waals surface area contributed by atoms with Gasteiger partial charge in [-0.15, -0.1) is 0 Å². The first-order valence-corrected chi connectivity index (χ1v) is 12.2. The molecule has 1 saturated heterocycles. The Morgan fingerprint density at radius 2 is 2.00 bits per heavy atom. The first-order valence-electron chi connectivity index (χ1n) is 12.2. The number of ether oxygens (including phenoxy) is 1. The molecular weight excluding hydrogens is 428 g/mol. The number of rotatable bonds is 5. The lowest BCUT2D eigenvalue weighted by Gasteiger charge is -2.30. The van der Waals surface area contributed by atoms with Crippen molar-refractivity contribution in [1.29, 1.82) is 0 Å². The fourth-order valence-electron chi connectivity index (χ4n) is 5.33. The largest absolute Gasteiger partial charge is 0.485 e. The molecule has 34 heavy (non-hydrogen) atoms. The highest BCUT2D eigenvalue weighted by atomic mass is 16.5. The molecule has 1 unspecified atom stereocenters. The predicted molar refractivity (Wildman–Crippen MR) is 129 cm³/mol. The summed E-state index contributed by atoms with van der Waals surface area (Å²) in [6.07, 6.45) is 7.18.